The Morgan fingerprint density at radius 2 is 2.29 bits per heavy atom. The number of benzene rings is 1. The number of hydrogen-bond donors (Lipinski definition) is 1. The molecule has 0 bridgehead atoms. The summed E-state index contributed by atoms with van der Waals surface area (Å²) >= 11 is 0. The van der Waals surface area contributed by atoms with Crippen molar-refractivity contribution in [2.45, 2.75) is 31.6 Å². The molecule has 1 aliphatic rings. The summed E-state index contributed by atoms with van der Waals surface area (Å²) < 4.78 is 0. The first-order valence-corrected chi connectivity index (χ1v) is 6.69. The van der Waals surface area contributed by atoms with Crippen molar-refractivity contribution in [1.29, 1.82) is 0 Å². The fourth-order valence-corrected chi connectivity index (χ4v) is 2.69. The van der Waals surface area contributed by atoms with E-state index in [1.165, 1.54) is 37.1 Å². The molecule has 1 aliphatic heterocycles. The zero-order valence-electron chi connectivity index (χ0n) is 11.0. The second-order valence-electron chi connectivity index (χ2n) is 5.41. The minimum absolute atomic E-state index is 0.469. The molecule has 0 radical (unpaired) electrons. The monoisotopic (exact) mass is 232 g/mol. The maximum atomic E-state index is 5.75. The third kappa shape index (κ3) is 3.08. The zero-order chi connectivity index (χ0) is 12.3. The van der Waals surface area contributed by atoms with Crippen molar-refractivity contribution < 1.29 is 0 Å². The molecule has 17 heavy (non-hydrogen) atoms. The van der Waals surface area contributed by atoms with Crippen LogP contribution in [0.2, 0.25) is 0 Å². The van der Waals surface area contributed by atoms with E-state index in [2.05, 4.69) is 43.1 Å². The van der Waals surface area contributed by atoms with Gasteiger partial charge in [-0.3, -0.25) is 0 Å². The molecule has 1 aromatic rings. The quantitative estimate of drug-likeness (QED) is 0.868. The third-order valence-corrected chi connectivity index (χ3v) is 3.93. The minimum Gasteiger partial charge on any atom is -0.330 e. The van der Waals surface area contributed by atoms with E-state index in [0.29, 0.717) is 11.8 Å². The Balaban J connectivity index is 2.15. The molecule has 1 saturated heterocycles. The van der Waals surface area contributed by atoms with E-state index in [1.54, 1.807) is 0 Å². The maximum absolute atomic E-state index is 5.75. The van der Waals surface area contributed by atoms with E-state index < -0.39 is 0 Å². The molecular formula is C15H24N2. The van der Waals surface area contributed by atoms with Crippen molar-refractivity contribution in [3.63, 3.8) is 0 Å². The Labute approximate surface area is 105 Å². The predicted octanol–water partition coefficient (Wildman–Crippen LogP) is 2.56. The second-order valence-corrected chi connectivity index (χ2v) is 5.41. The molecule has 2 rings (SSSR count). The Morgan fingerprint density at radius 3 is 3.00 bits per heavy atom. The SMILES string of the molecule is CC(CN)c1cccc(C2CCCN(C)C2)c1. The Kier molecular flexibility index (Phi) is 4.19. The fourth-order valence-electron chi connectivity index (χ4n) is 2.69. The van der Waals surface area contributed by atoms with Crippen LogP contribution in [-0.2, 0) is 0 Å². The van der Waals surface area contributed by atoms with Gasteiger partial charge in [0.15, 0.2) is 0 Å². The van der Waals surface area contributed by atoms with Gasteiger partial charge >= 0.3 is 0 Å². The molecule has 2 unspecified atom stereocenters. The van der Waals surface area contributed by atoms with Gasteiger partial charge in [0.25, 0.3) is 0 Å². The van der Waals surface area contributed by atoms with Crippen LogP contribution in [0.15, 0.2) is 24.3 Å². The average molecular weight is 232 g/mol. The van der Waals surface area contributed by atoms with Gasteiger partial charge in [-0.2, -0.15) is 0 Å². The normalized spacial score (nSPS) is 23.6. The maximum Gasteiger partial charge on any atom is 0.00472 e. The van der Waals surface area contributed by atoms with Crippen LogP contribution in [0.25, 0.3) is 0 Å². The summed E-state index contributed by atoms with van der Waals surface area (Å²) in [6.45, 7) is 5.37. The molecular weight excluding hydrogens is 208 g/mol. The molecule has 1 heterocycles. The van der Waals surface area contributed by atoms with Crippen molar-refractivity contribution in [1.82, 2.24) is 4.90 Å². The van der Waals surface area contributed by atoms with Crippen molar-refractivity contribution in [3.8, 4) is 0 Å². The summed E-state index contributed by atoms with van der Waals surface area (Å²) in [6, 6.07) is 9.02. The standard InChI is InChI=1S/C15H24N2/c1-12(10-16)13-5-3-6-14(9-13)15-7-4-8-17(2)11-15/h3,5-6,9,12,15H,4,7-8,10-11,16H2,1-2H3. The highest BCUT2D eigenvalue weighted by molar-refractivity contribution is 5.29. The van der Waals surface area contributed by atoms with E-state index in [0.717, 1.165) is 6.54 Å². The van der Waals surface area contributed by atoms with Gasteiger partial charge < -0.3 is 10.6 Å². The van der Waals surface area contributed by atoms with Crippen LogP contribution in [0, 0.1) is 0 Å². The minimum atomic E-state index is 0.469. The third-order valence-electron chi connectivity index (χ3n) is 3.93. The number of likely N-dealkylation sites (tertiary alicyclic amines) is 1. The molecule has 0 aromatic heterocycles. The molecule has 2 N–H and O–H groups in total. The first kappa shape index (κ1) is 12.6. The van der Waals surface area contributed by atoms with E-state index in [-0.39, 0.29) is 0 Å². The van der Waals surface area contributed by atoms with E-state index in [4.69, 9.17) is 5.73 Å². The van der Waals surface area contributed by atoms with Gasteiger partial charge in [-0.1, -0.05) is 31.2 Å². The van der Waals surface area contributed by atoms with Gasteiger partial charge in [-0.15, -0.1) is 0 Å². The highest BCUT2D eigenvalue weighted by Gasteiger charge is 2.19. The summed E-state index contributed by atoms with van der Waals surface area (Å²) in [7, 11) is 2.22. The van der Waals surface area contributed by atoms with E-state index >= 15 is 0 Å². The molecule has 0 spiro atoms. The second kappa shape index (κ2) is 5.65. The predicted molar refractivity (Wildman–Crippen MR) is 73.4 cm³/mol. The number of nitrogens with zero attached hydrogens (tertiary/aromatic N) is 1. The number of rotatable bonds is 3. The molecule has 0 amide bonds. The fraction of sp³-hybridized carbons (Fsp3) is 0.600. The lowest BCUT2D eigenvalue weighted by atomic mass is 9.88. The highest BCUT2D eigenvalue weighted by atomic mass is 15.1. The van der Waals surface area contributed by atoms with Gasteiger partial charge in [-0.05, 0) is 55.9 Å². The topological polar surface area (TPSA) is 29.3 Å². The van der Waals surface area contributed by atoms with Crippen molar-refractivity contribution >= 4 is 0 Å². The van der Waals surface area contributed by atoms with Crippen molar-refractivity contribution in [2.24, 2.45) is 5.73 Å². The molecule has 0 saturated carbocycles. The lowest BCUT2D eigenvalue weighted by Crippen LogP contribution is -2.30. The molecule has 1 aromatic carbocycles. The number of piperidine rings is 1. The number of hydrogen-bond acceptors (Lipinski definition) is 2. The van der Waals surface area contributed by atoms with Gasteiger partial charge in [0, 0.05) is 6.54 Å². The number of nitrogens with two attached hydrogens (primary N) is 1. The van der Waals surface area contributed by atoms with E-state index in [1.807, 2.05) is 0 Å². The largest absolute Gasteiger partial charge is 0.330 e. The number of likely N-dealkylation sites (N-methyl/N-ethyl adjacent to an activating group) is 1. The smallest absolute Gasteiger partial charge is 0.00472 e. The van der Waals surface area contributed by atoms with Crippen molar-refractivity contribution in [3.05, 3.63) is 35.4 Å². The van der Waals surface area contributed by atoms with Gasteiger partial charge in [0.1, 0.15) is 0 Å². The van der Waals surface area contributed by atoms with Crippen LogP contribution in [0.1, 0.15) is 42.7 Å². The first-order chi connectivity index (χ1) is 8.20. The summed E-state index contributed by atoms with van der Waals surface area (Å²) in [6.07, 6.45) is 2.64. The zero-order valence-corrected chi connectivity index (χ0v) is 11.0. The summed E-state index contributed by atoms with van der Waals surface area (Å²) in [5.74, 6) is 1.18. The lowest BCUT2D eigenvalue weighted by molar-refractivity contribution is 0.251. The molecule has 0 aliphatic carbocycles. The van der Waals surface area contributed by atoms with Crippen LogP contribution >= 0.6 is 0 Å². The summed E-state index contributed by atoms with van der Waals surface area (Å²) in [5.41, 5.74) is 8.63. The Morgan fingerprint density at radius 1 is 1.47 bits per heavy atom. The van der Waals surface area contributed by atoms with Crippen LogP contribution in [0.5, 0.6) is 0 Å². The van der Waals surface area contributed by atoms with Gasteiger partial charge in [0.2, 0.25) is 0 Å². The molecule has 2 nitrogen and oxygen atoms in total. The van der Waals surface area contributed by atoms with E-state index in [9.17, 15) is 0 Å². The molecule has 2 atom stereocenters. The van der Waals surface area contributed by atoms with Gasteiger partial charge in [-0.25, -0.2) is 0 Å². The Hall–Kier alpha value is -0.860. The van der Waals surface area contributed by atoms with Crippen molar-refractivity contribution in [2.75, 3.05) is 26.7 Å². The summed E-state index contributed by atoms with van der Waals surface area (Å²) in [5, 5.41) is 0. The molecule has 2 heteroatoms. The van der Waals surface area contributed by atoms with Gasteiger partial charge in [0.05, 0.1) is 0 Å². The first-order valence-electron chi connectivity index (χ1n) is 6.69. The Bertz CT molecular complexity index is 362. The average Bonchev–Trinajstić information content (AvgIpc) is 2.38. The molecule has 94 valence electrons. The van der Waals surface area contributed by atoms with Crippen LogP contribution in [-0.4, -0.2) is 31.6 Å². The van der Waals surface area contributed by atoms with Crippen LogP contribution < -0.4 is 5.73 Å². The van der Waals surface area contributed by atoms with Crippen LogP contribution in [0.4, 0.5) is 0 Å². The van der Waals surface area contributed by atoms with Crippen LogP contribution in [0.3, 0.4) is 0 Å². The lowest BCUT2D eigenvalue weighted by Gasteiger charge is -2.30. The highest BCUT2D eigenvalue weighted by Crippen LogP contribution is 2.28. The molecule has 1 fully saturated rings. The summed E-state index contributed by atoms with van der Waals surface area (Å²) in [4.78, 5) is 2.44.